The second-order valence-corrected chi connectivity index (χ2v) is 3.92. The molecule has 0 saturated heterocycles. The maximum atomic E-state index is 11.2. The van der Waals surface area contributed by atoms with Crippen LogP contribution in [0.25, 0.3) is 0 Å². The standard InChI is InChI=1S/C14H18O3/c1-11(14(16)17-2)13(15)10-6-9-12-7-4-3-5-8-12/h3-8,10-11,13,15H,9H2,1-2H3/b10-6+/t11-,13+/m1/s1. The van der Waals surface area contributed by atoms with Gasteiger partial charge in [-0.2, -0.15) is 0 Å². The molecule has 0 fully saturated rings. The van der Waals surface area contributed by atoms with Crippen LogP contribution in [0.4, 0.5) is 0 Å². The predicted molar refractivity (Wildman–Crippen MR) is 66.5 cm³/mol. The Morgan fingerprint density at radius 2 is 2.06 bits per heavy atom. The quantitative estimate of drug-likeness (QED) is 0.625. The zero-order valence-electron chi connectivity index (χ0n) is 10.2. The summed E-state index contributed by atoms with van der Waals surface area (Å²) in [6.45, 7) is 1.64. The maximum absolute atomic E-state index is 11.2. The van der Waals surface area contributed by atoms with Crippen molar-refractivity contribution >= 4 is 5.97 Å². The molecule has 1 aromatic rings. The first kappa shape index (κ1) is 13.5. The predicted octanol–water partition coefficient (Wildman–Crippen LogP) is 1.96. The number of aliphatic hydroxyl groups is 1. The summed E-state index contributed by atoms with van der Waals surface area (Å²) in [5, 5.41) is 9.71. The number of hydrogen-bond donors (Lipinski definition) is 1. The van der Waals surface area contributed by atoms with Gasteiger partial charge in [0.1, 0.15) is 0 Å². The smallest absolute Gasteiger partial charge is 0.311 e. The molecule has 0 aliphatic carbocycles. The number of ether oxygens (including phenoxy) is 1. The van der Waals surface area contributed by atoms with E-state index in [1.807, 2.05) is 36.4 Å². The summed E-state index contributed by atoms with van der Waals surface area (Å²) in [6.07, 6.45) is 3.44. The fourth-order valence-electron chi connectivity index (χ4n) is 1.45. The molecule has 3 nitrogen and oxygen atoms in total. The molecule has 0 unspecified atom stereocenters. The molecule has 0 radical (unpaired) electrons. The fraction of sp³-hybridized carbons (Fsp3) is 0.357. The topological polar surface area (TPSA) is 46.5 Å². The van der Waals surface area contributed by atoms with Crippen LogP contribution in [0.2, 0.25) is 0 Å². The number of hydrogen-bond acceptors (Lipinski definition) is 3. The van der Waals surface area contributed by atoms with Crippen LogP contribution in [0.1, 0.15) is 12.5 Å². The zero-order chi connectivity index (χ0) is 12.7. The third-order valence-corrected chi connectivity index (χ3v) is 2.61. The lowest BCUT2D eigenvalue weighted by Gasteiger charge is -2.12. The van der Waals surface area contributed by atoms with Gasteiger partial charge >= 0.3 is 5.97 Å². The summed E-state index contributed by atoms with van der Waals surface area (Å²) in [6, 6.07) is 9.93. The van der Waals surface area contributed by atoms with E-state index >= 15 is 0 Å². The molecule has 0 aromatic heterocycles. The van der Waals surface area contributed by atoms with Crippen molar-refractivity contribution in [1.29, 1.82) is 0 Å². The van der Waals surface area contributed by atoms with E-state index in [0.717, 1.165) is 6.42 Å². The van der Waals surface area contributed by atoms with E-state index in [9.17, 15) is 9.90 Å². The molecule has 1 N–H and O–H groups in total. The number of esters is 1. The highest BCUT2D eigenvalue weighted by atomic mass is 16.5. The second kappa shape index (κ2) is 6.86. The van der Waals surface area contributed by atoms with Gasteiger partial charge in [-0.05, 0) is 18.9 Å². The lowest BCUT2D eigenvalue weighted by Crippen LogP contribution is -2.24. The Hall–Kier alpha value is -1.61. The van der Waals surface area contributed by atoms with Crippen LogP contribution in [0, 0.1) is 5.92 Å². The molecule has 0 heterocycles. The van der Waals surface area contributed by atoms with Gasteiger partial charge in [0.2, 0.25) is 0 Å². The molecule has 0 saturated carbocycles. The first-order chi connectivity index (χ1) is 8.15. The van der Waals surface area contributed by atoms with Gasteiger partial charge < -0.3 is 9.84 Å². The number of aliphatic hydroxyl groups excluding tert-OH is 1. The molecule has 1 aromatic carbocycles. The summed E-state index contributed by atoms with van der Waals surface area (Å²) in [5.41, 5.74) is 1.17. The number of rotatable bonds is 5. The first-order valence-electron chi connectivity index (χ1n) is 5.61. The van der Waals surface area contributed by atoms with Gasteiger partial charge in [0, 0.05) is 0 Å². The summed E-state index contributed by atoms with van der Waals surface area (Å²) in [4.78, 5) is 11.2. The van der Waals surface area contributed by atoms with E-state index < -0.39 is 18.0 Å². The normalized spacial score (nSPS) is 14.5. The molecule has 0 amide bonds. The molecule has 0 spiro atoms. The van der Waals surface area contributed by atoms with Crippen LogP contribution in [-0.2, 0) is 16.0 Å². The first-order valence-corrected chi connectivity index (χ1v) is 5.61. The van der Waals surface area contributed by atoms with Crippen molar-refractivity contribution in [3.05, 3.63) is 48.0 Å². The van der Waals surface area contributed by atoms with Gasteiger partial charge in [-0.25, -0.2) is 0 Å². The molecular weight excluding hydrogens is 216 g/mol. The highest BCUT2D eigenvalue weighted by Gasteiger charge is 2.19. The SMILES string of the molecule is COC(=O)[C@H](C)[C@@H](O)/C=C/Cc1ccccc1. The van der Waals surface area contributed by atoms with Crippen LogP contribution >= 0.6 is 0 Å². The third kappa shape index (κ3) is 4.41. The van der Waals surface area contributed by atoms with Gasteiger partial charge in [0.25, 0.3) is 0 Å². The molecule has 2 atom stereocenters. The summed E-state index contributed by atoms with van der Waals surface area (Å²) < 4.78 is 4.56. The molecule has 3 heteroatoms. The van der Waals surface area contributed by atoms with Crippen molar-refractivity contribution in [1.82, 2.24) is 0 Å². The average Bonchev–Trinajstić information content (AvgIpc) is 2.38. The highest BCUT2D eigenvalue weighted by Crippen LogP contribution is 2.07. The Morgan fingerprint density at radius 1 is 1.41 bits per heavy atom. The van der Waals surface area contributed by atoms with E-state index in [0.29, 0.717) is 0 Å². The van der Waals surface area contributed by atoms with E-state index in [-0.39, 0.29) is 0 Å². The van der Waals surface area contributed by atoms with E-state index in [4.69, 9.17) is 0 Å². The number of carbonyl (C=O) groups excluding carboxylic acids is 1. The summed E-state index contributed by atoms with van der Waals surface area (Å²) >= 11 is 0. The largest absolute Gasteiger partial charge is 0.469 e. The van der Waals surface area contributed by atoms with Crippen molar-refractivity contribution in [3.8, 4) is 0 Å². The van der Waals surface area contributed by atoms with Crippen molar-refractivity contribution in [2.24, 2.45) is 5.92 Å². The lowest BCUT2D eigenvalue weighted by molar-refractivity contribution is -0.147. The summed E-state index contributed by atoms with van der Waals surface area (Å²) in [7, 11) is 1.32. The van der Waals surface area contributed by atoms with Crippen molar-refractivity contribution in [3.63, 3.8) is 0 Å². The van der Waals surface area contributed by atoms with Gasteiger partial charge in [-0.3, -0.25) is 4.79 Å². The second-order valence-electron chi connectivity index (χ2n) is 3.92. The van der Waals surface area contributed by atoms with Crippen LogP contribution < -0.4 is 0 Å². The summed E-state index contributed by atoms with van der Waals surface area (Å²) in [5.74, 6) is -0.936. The third-order valence-electron chi connectivity index (χ3n) is 2.61. The van der Waals surface area contributed by atoms with E-state index in [2.05, 4.69) is 4.74 Å². The minimum absolute atomic E-state index is 0.401. The maximum Gasteiger partial charge on any atom is 0.311 e. The Kier molecular flexibility index (Phi) is 5.43. The van der Waals surface area contributed by atoms with Crippen molar-refractivity contribution < 1.29 is 14.6 Å². The Morgan fingerprint density at radius 3 is 2.65 bits per heavy atom. The molecule has 92 valence electrons. The molecule has 17 heavy (non-hydrogen) atoms. The Bertz CT molecular complexity index is 370. The van der Waals surface area contributed by atoms with Crippen molar-refractivity contribution in [2.75, 3.05) is 7.11 Å². The Balaban J connectivity index is 2.46. The van der Waals surface area contributed by atoms with Crippen LogP contribution in [0.15, 0.2) is 42.5 Å². The van der Waals surface area contributed by atoms with Crippen LogP contribution in [-0.4, -0.2) is 24.3 Å². The highest BCUT2D eigenvalue weighted by molar-refractivity contribution is 5.72. The van der Waals surface area contributed by atoms with Gasteiger partial charge in [0.15, 0.2) is 0 Å². The minimum atomic E-state index is -0.800. The lowest BCUT2D eigenvalue weighted by atomic mass is 10.0. The number of carbonyl (C=O) groups is 1. The average molecular weight is 234 g/mol. The molecule has 0 aliphatic heterocycles. The van der Waals surface area contributed by atoms with Gasteiger partial charge in [-0.15, -0.1) is 0 Å². The number of allylic oxidation sites excluding steroid dienone is 1. The van der Waals surface area contributed by atoms with Gasteiger partial charge in [-0.1, -0.05) is 42.5 Å². The minimum Gasteiger partial charge on any atom is -0.469 e. The van der Waals surface area contributed by atoms with Crippen LogP contribution in [0.5, 0.6) is 0 Å². The molecular formula is C14H18O3. The molecule has 1 rings (SSSR count). The zero-order valence-corrected chi connectivity index (χ0v) is 10.2. The van der Waals surface area contributed by atoms with E-state index in [1.165, 1.54) is 12.7 Å². The molecule has 0 aliphatic rings. The Labute approximate surface area is 102 Å². The number of methoxy groups -OCH3 is 1. The fourth-order valence-corrected chi connectivity index (χ4v) is 1.45. The monoisotopic (exact) mass is 234 g/mol. The van der Waals surface area contributed by atoms with Gasteiger partial charge in [0.05, 0.1) is 19.1 Å². The van der Waals surface area contributed by atoms with Crippen LogP contribution in [0.3, 0.4) is 0 Å². The van der Waals surface area contributed by atoms with Crippen molar-refractivity contribution in [2.45, 2.75) is 19.4 Å². The number of benzene rings is 1. The van der Waals surface area contributed by atoms with E-state index in [1.54, 1.807) is 13.0 Å². The molecule has 0 bridgehead atoms.